The number of nitrogens with one attached hydrogen (secondary N) is 1. The van der Waals surface area contributed by atoms with Crippen LogP contribution in [0.25, 0.3) is 0 Å². The Balaban J connectivity index is 2.81. The Kier molecular flexibility index (Phi) is 6.23. The summed E-state index contributed by atoms with van der Waals surface area (Å²) >= 11 is 0.521. The average molecular weight is 334 g/mol. The van der Waals surface area contributed by atoms with Crippen LogP contribution < -0.4 is 5.32 Å². The average Bonchev–Trinajstić information content (AvgIpc) is 2.45. The van der Waals surface area contributed by atoms with Crippen LogP contribution in [0.1, 0.15) is 20.3 Å². The van der Waals surface area contributed by atoms with Gasteiger partial charge in [0.1, 0.15) is 0 Å². The fourth-order valence-corrected chi connectivity index (χ4v) is 2.55. The molecule has 3 nitrogen and oxygen atoms in total. The number of halogens is 4. The molecule has 0 unspecified atom stereocenters. The number of carbonyl (C=O) groups is 1. The fourth-order valence-electron chi connectivity index (χ4n) is 1.47. The van der Waals surface area contributed by atoms with Crippen LogP contribution in [0.4, 0.5) is 17.6 Å². The van der Waals surface area contributed by atoms with Gasteiger partial charge in [-0.05, 0) is 0 Å². The number of rotatable bonds is 6. The lowest BCUT2D eigenvalue weighted by molar-refractivity contribution is -0.128. The van der Waals surface area contributed by atoms with Crippen LogP contribution in [0.3, 0.4) is 0 Å². The molecule has 120 valence electrons. The molecule has 0 heterocycles. The van der Waals surface area contributed by atoms with Gasteiger partial charge in [0.15, 0.2) is 23.3 Å². The molecule has 8 heteroatoms. The third-order valence-electron chi connectivity index (χ3n) is 2.79. The molecule has 1 aromatic rings. The van der Waals surface area contributed by atoms with Gasteiger partial charge in [0, 0.05) is 18.4 Å². The molecule has 0 fully saturated rings. The van der Waals surface area contributed by atoms with E-state index in [0.29, 0.717) is 11.8 Å². The van der Waals surface area contributed by atoms with Crippen LogP contribution >= 0.6 is 11.8 Å². The van der Waals surface area contributed by atoms with Crippen molar-refractivity contribution in [3.05, 3.63) is 29.3 Å². The number of carbonyl (C=O) groups excluding carboxylic acids is 1. The molecule has 0 aromatic heterocycles. The first kappa shape index (κ1) is 18.3. The molecular weight excluding hydrogens is 320 g/mol. The highest BCUT2D eigenvalue weighted by molar-refractivity contribution is 7.99. The molecule has 1 N–H and O–H groups in total. The van der Waals surface area contributed by atoms with Gasteiger partial charge in [0.05, 0.1) is 22.8 Å². The number of hydrogen-bond acceptors (Lipinski definition) is 3. The molecular formula is C14H14F4N2OS. The number of amides is 1. The van der Waals surface area contributed by atoms with Crippen molar-refractivity contribution in [3.63, 3.8) is 0 Å². The summed E-state index contributed by atoms with van der Waals surface area (Å²) in [6.07, 6.45) is 0.132. The smallest absolute Gasteiger partial charge is 0.226 e. The van der Waals surface area contributed by atoms with E-state index >= 15 is 0 Å². The van der Waals surface area contributed by atoms with Crippen LogP contribution in [0.2, 0.25) is 0 Å². The normalized spacial score (nSPS) is 11.1. The van der Waals surface area contributed by atoms with Crippen molar-refractivity contribution in [3.8, 4) is 6.07 Å². The van der Waals surface area contributed by atoms with Gasteiger partial charge in [-0.25, -0.2) is 17.6 Å². The van der Waals surface area contributed by atoms with Gasteiger partial charge in [-0.3, -0.25) is 4.79 Å². The fraction of sp³-hybridized carbons (Fsp3) is 0.429. The highest BCUT2D eigenvalue weighted by atomic mass is 32.2. The monoisotopic (exact) mass is 334 g/mol. The summed E-state index contributed by atoms with van der Waals surface area (Å²) in [7, 11) is 0. The highest BCUT2D eigenvalue weighted by Crippen LogP contribution is 2.33. The number of thioether (sulfide) groups is 1. The van der Waals surface area contributed by atoms with Crippen LogP contribution in [0.15, 0.2) is 11.0 Å². The van der Waals surface area contributed by atoms with Crippen molar-refractivity contribution in [2.24, 2.45) is 5.41 Å². The largest absolute Gasteiger partial charge is 0.355 e. The quantitative estimate of drug-likeness (QED) is 0.375. The van der Waals surface area contributed by atoms with Gasteiger partial charge in [-0.1, -0.05) is 13.8 Å². The lowest BCUT2D eigenvalue weighted by Crippen LogP contribution is -2.39. The second kappa shape index (κ2) is 7.49. The number of benzene rings is 1. The van der Waals surface area contributed by atoms with Crippen molar-refractivity contribution in [2.45, 2.75) is 25.2 Å². The lowest BCUT2D eigenvalue weighted by Gasteiger charge is -2.23. The minimum absolute atomic E-state index is 0.0951. The van der Waals surface area contributed by atoms with Crippen molar-refractivity contribution in [2.75, 3.05) is 12.3 Å². The summed E-state index contributed by atoms with van der Waals surface area (Å²) < 4.78 is 53.3. The van der Waals surface area contributed by atoms with Gasteiger partial charge < -0.3 is 5.32 Å². The Morgan fingerprint density at radius 2 is 1.82 bits per heavy atom. The molecule has 0 saturated heterocycles. The topological polar surface area (TPSA) is 52.9 Å². The third kappa shape index (κ3) is 4.37. The van der Waals surface area contributed by atoms with Crippen LogP contribution in [-0.2, 0) is 4.79 Å². The highest BCUT2D eigenvalue weighted by Gasteiger charge is 2.29. The van der Waals surface area contributed by atoms with E-state index in [4.69, 9.17) is 5.26 Å². The van der Waals surface area contributed by atoms with E-state index in [1.54, 1.807) is 0 Å². The van der Waals surface area contributed by atoms with Gasteiger partial charge in [-0.2, -0.15) is 5.26 Å². The van der Waals surface area contributed by atoms with E-state index in [1.165, 1.54) is 13.8 Å². The summed E-state index contributed by atoms with van der Waals surface area (Å²) in [6.45, 7) is 3.20. The third-order valence-corrected chi connectivity index (χ3v) is 4.30. The van der Waals surface area contributed by atoms with E-state index in [-0.39, 0.29) is 24.8 Å². The Morgan fingerprint density at radius 3 is 2.32 bits per heavy atom. The minimum atomic E-state index is -1.49. The zero-order chi connectivity index (χ0) is 16.9. The molecule has 22 heavy (non-hydrogen) atoms. The van der Waals surface area contributed by atoms with Crippen LogP contribution in [-0.4, -0.2) is 18.2 Å². The van der Waals surface area contributed by atoms with Crippen LogP contribution in [0.5, 0.6) is 0 Å². The lowest BCUT2D eigenvalue weighted by atomic mass is 9.95. The van der Waals surface area contributed by atoms with E-state index < -0.39 is 39.5 Å². The molecule has 0 aliphatic carbocycles. The first-order chi connectivity index (χ1) is 10.2. The SMILES string of the molecule is CC(C)(CSc1c(F)c(F)cc(F)c1F)C(=O)NCCC#N. The number of nitrogens with zero attached hydrogens (tertiary/aromatic N) is 1. The molecule has 1 rings (SSSR count). The Morgan fingerprint density at radius 1 is 1.27 bits per heavy atom. The van der Waals surface area contributed by atoms with E-state index in [0.717, 1.165) is 0 Å². The van der Waals surface area contributed by atoms with Gasteiger partial charge in [0.25, 0.3) is 0 Å². The van der Waals surface area contributed by atoms with Gasteiger partial charge >= 0.3 is 0 Å². The van der Waals surface area contributed by atoms with Crippen molar-refractivity contribution in [1.29, 1.82) is 5.26 Å². The Hall–Kier alpha value is -1.75. The Labute approximate surface area is 129 Å². The molecule has 0 aliphatic rings. The number of hydrogen-bond donors (Lipinski definition) is 1. The molecule has 0 radical (unpaired) electrons. The zero-order valence-electron chi connectivity index (χ0n) is 12.0. The van der Waals surface area contributed by atoms with Crippen LogP contribution in [0, 0.1) is 40.0 Å². The Bertz CT molecular complexity index is 588. The summed E-state index contributed by atoms with van der Waals surface area (Å²) in [5, 5.41) is 10.9. The molecule has 1 amide bonds. The maximum atomic E-state index is 13.5. The summed E-state index contributed by atoms with van der Waals surface area (Å²) in [4.78, 5) is 11.1. The molecule has 0 atom stereocenters. The second-order valence-electron chi connectivity index (χ2n) is 5.13. The van der Waals surface area contributed by atoms with Gasteiger partial charge in [-0.15, -0.1) is 11.8 Å². The first-order valence-electron chi connectivity index (χ1n) is 6.31. The minimum Gasteiger partial charge on any atom is -0.355 e. The molecule has 0 spiro atoms. The standard InChI is InChI=1S/C14H14F4N2OS/c1-14(2,13(21)20-5-3-4-19)7-22-12-10(17)8(15)6-9(16)11(12)18/h6H,3,5,7H2,1-2H3,(H,20,21). The molecule has 0 saturated carbocycles. The molecule has 1 aromatic carbocycles. The maximum absolute atomic E-state index is 13.5. The first-order valence-corrected chi connectivity index (χ1v) is 7.30. The van der Waals surface area contributed by atoms with E-state index in [1.807, 2.05) is 6.07 Å². The second-order valence-corrected chi connectivity index (χ2v) is 6.12. The van der Waals surface area contributed by atoms with E-state index in [2.05, 4.69) is 5.32 Å². The number of nitriles is 1. The predicted octanol–water partition coefficient (Wildman–Crippen LogP) is 3.39. The summed E-state index contributed by atoms with van der Waals surface area (Å²) in [6, 6.07) is 1.99. The predicted molar refractivity (Wildman–Crippen MR) is 74.0 cm³/mol. The van der Waals surface area contributed by atoms with Gasteiger partial charge in [0.2, 0.25) is 5.91 Å². The van der Waals surface area contributed by atoms with E-state index in [9.17, 15) is 22.4 Å². The van der Waals surface area contributed by atoms with Crippen molar-refractivity contribution >= 4 is 17.7 Å². The molecule has 0 bridgehead atoms. The zero-order valence-corrected chi connectivity index (χ0v) is 12.8. The maximum Gasteiger partial charge on any atom is 0.226 e. The van der Waals surface area contributed by atoms with Crippen molar-refractivity contribution in [1.82, 2.24) is 5.32 Å². The van der Waals surface area contributed by atoms with Crippen molar-refractivity contribution < 1.29 is 22.4 Å². The summed E-state index contributed by atoms with van der Waals surface area (Å²) in [5.41, 5.74) is -1.04. The molecule has 0 aliphatic heterocycles. The summed E-state index contributed by atoms with van der Waals surface area (Å²) in [5.74, 6) is -6.46.